The Hall–Kier alpha value is -2.16. The van der Waals surface area contributed by atoms with Gasteiger partial charge in [0.25, 0.3) is 0 Å². The summed E-state index contributed by atoms with van der Waals surface area (Å²) in [6, 6.07) is 13.1. The van der Waals surface area contributed by atoms with Crippen LogP contribution in [0.25, 0.3) is 10.8 Å². The molecule has 3 heteroatoms. The summed E-state index contributed by atoms with van der Waals surface area (Å²) < 4.78 is 5.18. The summed E-state index contributed by atoms with van der Waals surface area (Å²) in [6.07, 6.45) is -0.191. The third kappa shape index (κ3) is 2.69. The molecule has 0 atom stereocenters. The summed E-state index contributed by atoms with van der Waals surface area (Å²) in [5.41, 5.74) is 0. The number of ether oxygens (including phenoxy) is 1. The number of rotatable bonds is 3. The van der Waals surface area contributed by atoms with Crippen molar-refractivity contribution in [2.75, 3.05) is 0 Å². The van der Waals surface area contributed by atoms with E-state index >= 15 is 0 Å². The van der Waals surface area contributed by atoms with Gasteiger partial charge in [0.15, 0.2) is 0 Å². The van der Waals surface area contributed by atoms with E-state index in [9.17, 15) is 9.59 Å². The fourth-order valence-corrected chi connectivity index (χ4v) is 1.65. The lowest BCUT2D eigenvalue weighted by Gasteiger charge is -2.06. The molecule has 0 aromatic heterocycles. The second-order valence-corrected chi connectivity index (χ2v) is 3.83. The average molecular weight is 228 g/mol. The van der Waals surface area contributed by atoms with Crippen molar-refractivity contribution in [3.05, 3.63) is 42.5 Å². The van der Waals surface area contributed by atoms with Crippen LogP contribution < -0.4 is 4.74 Å². The van der Waals surface area contributed by atoms with Crippen LogP contribution >= 0.6 is 0 Å². The standard InChI is InChI=1S/C14H12O3/c1-10(15)9-14(16)17-13-8-4-6-11-5-2-3-7-12(11)13/h2-8H,9H2,1H3. The largest absolute Gasteiger partial charge is 0.426 e. The Labute approximate surface area is 99.0 Å². The van der Waals surface area contributed by atoms with E-state index in [0.717, 1.165) is 10.8 Å². The van der Waals surface area contributed by atoms with Crippen molar-refractivity contribution in [2.45, 2.75) is 13.3 Å². The monoisotopic (exact) mass is 228 g/mol. The molecule has 0 aliphatic rings. The maximum absolute atomic E-state index is 11.4. The van der Waals surface area contributed by atoms with Crippen molar-refractivity contribution < 1.29 is 14.3 Å². The molecule has 0 saturated heterocycles. The molecule has 3 nitrogen and oxygen atoms in total. The summed E-state index contributed by atoms with van der Waals surface area (Å²) in [5.74, 6) is -0.224. The van der Waals surface area contributed by atoms with E-state index < -0.39 is 5.97 Å². The Morgan fingerprint density at radius 1 is 1.06 bits per heavy atom. The van der Waals surface area contributed by atoms with E-state index in [-0.39, 0.29) is 12.2 Å². The molecular weight excluding hydrogens is 216 g/mol. The van der Waals surface area contributed by atoms with Gasteiger partial charge in [-0.1, -0.05) is 36.4 Å². The van der Waals surface area contributed by atoms with E-state index in [2.05, 4.69) is 0 Å². The summed E-state index contributed by atoms with van der Waals surface area (Å²) in [7, 11) is 0. The lowest BCUT2D eigenvalue weighted by molar-refractivity contribution is -0.137. The van der Waals surface area contributed by atoms with Crippen molar-refractivity contribution in [2.24, 2.45) is 0 Å². The summed E-state index contributed by atoms with van der Waals surface area (Å²) >= 11 is 0. The van der Waals surface area contributed by atoms with Crippen molar-refractivity contribution in [1.82, 2.24) is 0 Å². The Balaban J connectivity index is 2.30. The quantitative estimate of drug-likeness (QED) is 0.461. The third-order valence-electron chi connectivity index (χ3n) is 2.37. The van der Waals surface area contributed by atoms with Gasteiger partial charge in [-0.15, -0.1) is 0 Å². The maximum Gasteiger partial charge on any atom is 0.318 e. The zero-order chi connectivity index (χ0) is 12.3. The minimum Gasteiger partial charge on any atom is -0.426 e. The number of esters is 1. The first kappa shape index (κ1) is 11.3. The number of carbonyl (C=O) groups is 2. The van der Waals surface area contributed by atoms with E-state index in [1.165, 1.54) is 6.92 Å². The minimum absolute atomic E-state index is 0.191. The molecular formula is C14H12O3. The number of Topliss-reactive ketones (excluding diaryl/α,β-unsaturated/α-hetero) is 1. The second-order valence-electron chi connectivity index (χ2n) is 3.83. The lowest BCUT2D eigenvalue weighted by Crippen LogP contribution is -2.11. The van der Waals surface area contributed by atoms with Crippen LogP contribution in [0.1, 0.15) is 13.3 Å². The van der Waals surface area contributed by atoms with Crippen molar-refractivity contribution in [1.29, 1.82) is 0 Å². The van der Waals surface area contributed by atoms with Gasteiger partial charge in [0.05, 0.1) is 0 Å². The Bertz CT molecular complexity index is 567. The SMILES string of the molecule is CC(=O)CC(=O)Oc1cccc2ccccc12. The zero-order valence-corrected chi connectivity index (χ0v) is 9.47. The molecule has 2 aromatic rings. The highest BCUT2D eigenvalue weighted by Gasteiger charge is 2.09. The van der Waals surface area contributed by atoms with Gasteiger partial charge in [-0.05, 0) is 18.4 Å². The fraction of sp³-hybridized carbons (Fsp3) is 0.143. The molecule has 0 amide bonds. The van der Waals surface area contributed by atoms with Crippen LogP contribution in [0.4, 0.5) is 0 Å². The molecule has 0 heterocycles. The highest BCUT2D eigenvalue weighted by atomic mass is 16.5. The number of carbonyl (C=O) groups excluding carboxylic acids is 2. The molecule has 86 valence electrons. The van der Waals surface area contributed by atoms with Gasteiger partial charge in [0.1, 0.15) is 18.0 Å². The van der Waals surface area contributed by atoms with Gasteiger partial charge < -0.3 is 4.74 Å². The van der Waals surface area contributed by atoms with Crippen LogP contribution in [-0.2, 0) is 9.59 Å². The number of ketones is 1. The van der Waals surface area contributed by atoms with Gasteiger partial charge >= 0.3 is 5.97 Å². The predicted molar refractivity (Wildman–Crippen MR) is 64.9 cm³/mol. The molecule has 2 aromatic carbocycles. The molecule has 0 N–H and O–H groups in total. The van der Waals surface area contributed by atoms with Crippen LogP contribution in [-0.4, -0.2) is 11.8 Å². The topological polar surface area (TPSA) is 43.4 Å². The molecule has 0 unspecified atom stereocenters. The second kappa shape index (κ2) is 4.78. The first-order chi connectivity index (χ1) is 8.16. The number of benzene rings is 2. The van der Waals surface area contributed by atoms with Gasteiger partial charge in [0, 0.05) is 5.39 Å². The molecule has 0 aliphatic carbocycles. The molecule has 0 bridgehead atoms. The molecule has 2 rings (SSSR count). The van der Waals surface area contributed by atoms with Gasteiger partial charge in [-0.3, -0.25) is 9.59 Å². The zero-order valence-electron chi connectivity index (χ0n) is 9.47. The van der Waals surface area contributed by atoms with Crippen molar-refractivity contribution in [3.8, 4) is 5.75 Å². The normalized spacial score (nSPS) is 10.2. The minimum atomic E-state index is -0.520. The van der Waals surface area contributed by atoms with Gasteiger partial charge in [-0.25, -0.2) is 0 Å². The van der Waals surface area contributed by atoms with Gasteiger partial charge in [-0.2, -0.15) is 0 Å². The average Bonchev–Trinajstić information content (AvgIpc) is 2.28. The summed E-state index contributed by atoms with van der Waals surface area (Å²) in [6.45, 7) is 1.37. The maximum atomic E-state index is 11.4. The van der Waals surface area contributed by atoms with E-state index in [4.69, 9.17) is 4.74 Å². The smallest absolute Gasteiger partial charge is 0.318 e. The van der Waals surface area contributed by atoms with Crippen LogP contribution in [0, 0.1) is 0 Å². The molecule has 17 heavy (non-hydrogen) atoms. The number of hydrogen-bond acceptors (Lipinski definition) is 3. The van der Waals surface area contributed by atoms with E-state index in [1.54, 1.807) is 6.07 Å². The predicted octanol–water partition coefficient (Wildman–Crippen LogP) is 2.72. The van der Waals surface area contributed by atoms with Crippen molar-refractivity contribution in [3.63, 3.8) is 0 Å². The van der Waals surface area contributed by atoms with Crippen LogP contribution in [0.5, 0.6) is 5.75 Å². The van der Waals surface area contributed by atoms with Crippen molar-refractivity contribution >= 4 is 22.5 Å². The molecule has 0 radical (unpaired) electrons. The molecule has 0 fully saturated rings. The Morgan fingerprint density at radius 2 is 1.76 bits per heavy atom. The molecule has 0 spiro atoms. The summed E-state index contributed by atoms with van der Waals surface area (Å²) in [4.78, 5) is 22.2. The molecule has 0 aliphatic heterocycles. The van der Waals surface area contributed by atoms with Crippen LogP contribution in [0.2, 0.25) is 0 Å². The fourth-order valence-electron chi connectivity index (χ4n) is 1.65. The first-order valence-corrected chi connectivity index (χ1v) is 5.34. The van der Waals surface area contributed by atoms with Crippen LogP contribution in [0.3, 0.4) is 0 Å². The van der Waals surface area contributed by atoms with E-state index in [0.29, 0.717) is 5.75 Å². The first-order valence-electron chi connectivity index (χ1n) is 5.34. The Morgan fingerprint density at radius 3 is 2.53 bits per heavy atom. The lowest BCUT2D eigenvalue weighted by atomic mass is 10.1. The van der Waals surface area contributed by atoms with Crippen LogP contribution in [0.15, 0.2) is 42.5 Å². The Kier molecular flexibility index (Phi) is 3.19. The molecule has 0 saturated carbocycles. The van der Waals surface area contributed by atoms with E-state index in [1.807, 2.05) is 36.4 Å². The third-order valence-corrected chi connectivity index (χ3v) is 2.37. The number of hydrogen-bond donors (Lipinski definition) is 0. The summed E-state index contributed by atoms with van der Waals surface area (Å²) in [5, 5.41) is 1.87. The highest BCUT2D eigenvalue weighted by molar-refractivity contribution is 5.97. The number of fused-ring (bicyclic) bond motifs is 1. The highest BCUT2D eigenvalue weighted by Crippen LogP contribution is 2.25. The van der Waals surface area contributed by atoms with Gasteiger partial charge in [0.2, 0.25) is 0 Å².